The van der Waals surface area contributed by atoms with E-state index >= 15 is 0 Å². The van der Waals surface area contributed by atoms with E-state index < -0.39 is 23.5 Å². The van der Waals surface area contributed by atoms with Gasteiger partial charge in [-0.05, 0) is 25.1 Å². The lowest BCUT2D eigenvalue weighted by Gasteiger charge is -2.06. The smallest absolute Gasteiger partial charge is 0.326 e. The molecule has 3 rings (SSSR count). The van der Waals surface area contributed by atoms with E-state index in [9.17, 15) is 18.4 Å². The van der Waals surface area contributed by atoms with Gasteiger partial charge in [-0.3, -0.25) is 9.59 Å². The van der Waals surface area contributed by atoms with E-state index in [1.165, 1.54) is 4.57 Å². The van der Waals surface area contributed by atoms with Crippen LogP contribution in [-0.2, 0) is 20.9 Å². The van der Waals surface area contributed by atoms with Gasteiger partial charge in [0, 0.05) is 6.07 Å². The summed E-state index contributed by atoms with van der Waals surface area (Å²) < 4.78 is 39.5. The van der Waals surface area contributed by atoms with Crippen LogP contribution in [0, 0.1) is 11.6 Å². The Labute approximate surface area is 162 Å². The van der Waals surface area contributed by atoms with E-state index in [0.29, 0.717) is 11.8 Å². The first-order valence-electron chi connectivity index (χ1n) is 8.37. The molecule has 0 aliphatic carbocycles. The van der Waals surface area contributed by atoms with Gasteiger partial charge in [0.1, 0.15) is 18.1 Å². The maximum atomic E-state index is 14.3. The number of carbonyl (C=O) groups excluding carboxylic acids is 2. The van der Waals surface area contributed by atoms with Crippen LogP contribution in [0.25, 0.3) is 10.2 Å². The number of aromatic nitrogens is 1. The summed E-state index contributed by atoms with van der Waals surface area (Å²) in [4.78, 5) is 28.1. The SMILES string of the molecule is CCOC(=O)Cn1c(=NC(=O)COc2ccccc2)sc2cc(F)cc(F)c21. The molecule has 1 aromatic heterocycles. The predicted molar refractivity (Wildman–Crippen MR) is 98.9 cm³/mol. The Kier molecular flexibility index (Phi) is 6.15. The number of ether oxygens (including phenoxy) is 2. The van der Waals surface area contributed by atoms with Crippen molar-refractivity contribution in [3.63, 3.8) is 0 Å². The molecule has 1 heterocycles. The van der Waals surface area contributed by atoms with Crippen molar-refractivity contribution in [3.05, 3.63) is 58.9 Å². The van der Waals surface area contributed by atoms with E-state index in [2.05, 4.69) is 4.99 Å². The van der Waals surface area contributed by atoms with Gasteiger partial charge < -0.3 is 14.0 Å². The fourth-order valence-electron chi connectivity index (χ4n) is 2.50. The van der Waals surface area contributed by atoms with Gasteiger partial charge in [0.25, 0.3) is 5.91 Å². The summed E-state index contributed by atoms with van der Waals surface area (Å²) in [5, 5.41) is 0. The first kappa shape index (κ1) is 19.7. The monoisotopic (exact) mass is 406 g/mol. The molecule has 0 saturated carbocycles. The Balaban J connectivity index is 1.96. The van der Waals surface area contributed by atoms with Crippen LogP contribution >= 0.6 is 11.3 Å². The second-order valence-corrected chi connectivity index (χ2v) is 6.63. The highest BCUT2D eigenvalue weighted by molar-refractivity contribution is 7.16. The van der Waals surface area contributed by atoms with Crippen molar-refractivity contribution in [2.45, 2.75) is 13.5 Å². The Bertz CT molecular complexity index is 1080. The average Bonchev–Trinajstić information content (AvgIpc) is 2.98. The highest BCUT2D eigenvalue weighted by Gasteiger charge is 2.17. The highest BCUT2D eigenvalue weighted by Crippen LogP contribution is 2.22. The number of esters is 1. The zero-order valence-corrected chi connectivity index (χ0v) is 15.7. The summed E-state index contributed by atoms with van der Waals surface area (Å²) in [6.45, 7) is 1.09. The molecular weight excluding hydrogens is 390 g/mol. The Hall–Kier alpha value is -3.07. The molecule has 0 bridgehead atoms. The molecule has 0 saturated heterocycles. The van der Waals surface area contributed by atoms with Crippen LogP contribution in [0.3, 0.4) is 0 Å². The number of hydrogen-bond acceptors (Lipinski definition) is 5. The number of carbonyl (C=O) groups is 2. The number of nitrogens with zero attached hydrogens (tertiary/aromatic N) is 2. The minimum absolute atomic E-state index is 0.0185. The minimum Gasteiger partial charge on any atom is -0.484 e. The number of amides is 1. The second-order valence-electron chi connectivity index (χ2n) is 5.62. The van der Waals surface area contributed by atoms with Crippen molar-refractivity contribution >= 4 is 33.4 Å². The number of rotatable bonds is 6. The van der Waals surface area contributed by atoms with Crippen molar-refractivity contribution in [2.75, 3.05) is 13.2 Å². The molecule has 0 N–H and O–H groups in total. The van der Waals surface area contributed by atoms with Crippen molar-refractivity contribution in [1.29, 1.82) is 0 Å². The van der Waals surface area contributed by atoms with Crippen molar-refractivity contribution in [2.24, 2.45) is 4.99 Å². The summed E-state index contributed by atoms with van der Waals surface area (Å²) in [6.07, 6.45) is 0. The highest BCUT2D eigenvalue weighted by atomic mass is 32.1. The molecule has 0 spiro atoms. The fourth-order valence-corrected chi connectivity index (χ4v) is 3.58. The summed E-state index contributed by atoms with van der Waals surface area (Å²) in [5.41, 5.74) is -0.0185. The largest absolute Gasteiger partial charge is 0.484 e. The third kappa shape index (κ3) is 4.61. The number of benzene rings is 2. The van der Waals surface area contributed by atoms with E-state index in [4.69, 9.17) is 9.47 Å². The minimum atomic E-state index is -0.856. The molecular formula is C19H16F2N2O4S. The van der Waals surface area contributed by atoms with Gasteiger partial charge in [0.2, 0.25) is 0 Å². The van der Waals surface area contributed by atoms with Gasteiger partial charge in [-0.15, -0.1) is 0 Å². The van der Waals surface area contributed by atoms with Gasteiger partial charge in [0.05, 0.1) is 16.8 Å². The van der Waals surface area contributed by atoms with Crippen LogP contribution in [0.5, 0.6) is 5.75 Å². The first-order chi connectivity index (χ1) is 13.5. The van der Waals surface area contributed by atoms with E-state index in [-0.39, 0.29) is 34.8 Å². The Morgan fingerprint density at radius 1 is 1.18 bits per heavy atom. The predicted octanol–water partition coefficient (Wildman–Crippen LogP) is 3.05. The normalized spacial score (nSPS) is 11.6. The van der Waals surface area contributed by atoms with Gasteiger partial charge in [-0.1, -0.05) is 29.5 Å². The van der Waals surface area contributed by atoms with Crippen molar-refractivity contribution in [3.8, 4) is 5.75 Å². The van der Waals surface area contributed by atoms with E-state index in [0.717, 1.165) is 17.4 Å². The molecule has 0 aliphatic heterocycles. The zero-order valence-electron chi connectivity index (χ0n) is 14.9. The summed E-state index contributed by atoms with van der Waals surface area (Å²) in [6, 6.07) is 10.5. The Morgan fingerprint density at radius 2 is 1.93 bits per heavy atom. The number of halogens is 2. The van der Waals surface area contributed by atoms with Crippen molar-refractivity contribution < 1.29 is 27.8 Å². The molecule has 28 heavy (non-hydrogen) atoms. The number of thiazole rings is 1. The van der Waals surface area contributed by atoms with Crippen LogP contribution < -0.4 is 9.54 Å². The topological polar surface area (TPSA) is 69.9 Å². The molecule has 9 heteroatoms. The molecule has 1 amide bonds. The van der Waals surface area contributed by atoms with Crippen LogP contribution in [-0.4, -0.2) is 29.7 Å². The lowest BCUT2D eigenvalue weighted by atomic mass is 10.3. The molecule has 0 unspecified atom stereocenters. The second kappa shape index (κ2) is 8.75. The van der Waals surface area contributed by atoms with E-state index in [1.807, 2.05) is 6.07 Å². The molecule has 0 radical (unpaired) electrons. The lowest BCUT2D eigenvalue weighted by molar-refractivity contribution is -0.143. The molecule has 2 aromatic carbocycles. The third-order valence-corrected chi connectivity index (χ3v) is 4.64. The van der Waals surface area contributed by atoms with Crippen LogP contribution in [0.4, 0.5) is 8.78 Å². The maximum Gasteiger partial charge on any atom is 0.326 e. The summed E-state index contributed by atoms with van der Waals surface area (Å²) in [7, 11) is 0. The number of para-hydroxylation sites is 1. The van der Waals surface area contributed by atoms with Gasteiger partial charge in [-0.25, -0.2) is 8.78 Å². The van der Waals surface area contributed by atoms with Gasteiger partial charge in [0.15, 0.2) is 17.2 Å². The lowest BCUT2D eigenvalue weighted by Crippen LogP contribution is -2.24. The molecule has 6 nitrogen and oxygen atoms in total. The quantitative estimate of drug-likeness (QED) is 0.590. The first-order valence-corrected chi connectivity index (χ1v) is 9.19. The molecule has 0 atom stereocenters. The standard InChI is InChI=1S/C19H16F2N2O4S/c1-2-26-17(25)10-23-18-14(21)8-12(20)9-15(18)28-19(23)22-16(24)11-27-13-6-4-3-5-7-13/h3-9H,2,10-11H2,1H3. The average molecular weight is 406 g/mol. The van der Waals surface area contributed by atoms with Gasteiger partial charge in [-0.2, -0.15) is 4.99 Å². The zero-order chi connectivity index (χ0) is 20.1. The van der Waals surface area contributed by atoms with Crippen molar-refractivity contribution in [1.82, 2.24) is 4.57 Å². The summed E-state index contributed by atoms with van der Waals surface area (Å²) >= 11 is 0.894. The molecule has 146 valence electrons. The number of fused-ring (bicyclic) bond motifs is 1. The van der Waals surface area contributed by atoms with E-state index in [1.54, 1.807) is 31.2 Å². The molecule has 0 aliphatic rings. The van der Waals surface area contributed by atoms with Crippen LogP contribution in [0.1, 0.15) is 6.92 Å². The third-order valence-electron chi connectivity index (χ3n) is 3.61. The van der Waals surface area contributed by atoms with Gasteiger partial charge >= 0.3 is 5.97 Å². The number of hydrogen-bond donors (Lipinski definition) is 0. The fraction of sp³-hybridized carbons (Fsp3) is 0.211. The van der Waals surface area contributed by atoms with Crippen LogP contribution in [0.2, 0.25) is 0 Å². The molecule has 0 fully saturated rings. The molecule has 3 aromatic rings. The Morgan fingerprint density at radius 3 is 2.64 bits per heavy atom. The summed E-state index contributed by atoms with van der Waals surface area (Å²) in [5.74, 6) is -2.38. The maximum absolute atomic E-state index is 14.3. The van der Waals surface area contributed by atoms with Crippen LogP contribution in [0.15, 0.2) is 47.5 Å².